The van der Waals surface area contributed by atoms with Crippen LogP contribution >= 0.6 is 12.2 Å². The van der Waals surface area contributed by atoms with Gasteiger partial charge in [-0.3, -0.25) is 0 Å². The second-order valence-corrected chi connectivity index (χ2v) is 5.86. The van der Waals surface area contributed by atoms with E-state index in [2.05, 4.69) is 56.9 Å². The van der Waals surface area contributed by atoms with Crippen molar-refractivity contribution >= 4 is 22.9 Å². The van der Waals surface area contributed by atoms with Crippen LogP contribution < -0.4 is 10.6 Å². The Morgan fingerprint density at radius 1 is 1.39 bits per heavy atom. The van der Waals surface area contributed by atoms with E-state index in [1.807, 2.05) is 0 Å². The number of nitrogens with zero attached hydrogens (tertiary/aromatic N) is 1. The van der Waals surface area contributed by atoms with E-state index in [-0.39, 0.29) is 5.41 Å². The molecule has 0 fully saturated rings. The van der Waals surface area contributed by atoms with E-state index >= 15 is 0 Å². The van der Waals surface area contributed by atoms with Crippen LogP contribution in [0.3, 0.4) is 0 Å². The highest BCUT2D eigenvalue weighted by Crippen LogP contribution is 2.23. The molecule has 0 aliphatic heterocycles. The zero-order valence-corrected chi connectivity index (χ0v) is 12.7. The maximum Gasteiger partial charge on any atom is 0.0785 e. The molecule has 0 heterocycles. The zero-order chi connectivity index (χ0) is 13.8. The average molecular weight is 264 g/mol. The first kappa shape index (κ1) is 15.0. The Kier molecular flexibility index (Phi) is 5.15. The predicted octanol–water partition coefficient (Wildman–Crippen LogP) is 3.52. The highest BCUT2D eigenvalue weighted by atomic mass is 32.1. The Labute approximate surface area is 116 Å². The number of hydrogen-bond acceptors (Lipinski definition) is 2. The first-order valence-electron chi connectivity index (χ1n) is 6.48. The summed E-state index contributed by atoms with van der Waals surface area (Å²) in [5, 5.41) is 0. The number of aryl methyl sites for hydroxylation is 1. The molecule has 2 N–H and O–H groups in total. The molecule has 0 unspecified atom stereocenters. The van der Waals surface area contributed by atoms with Gasteiger partial charge in [0.05, 0.1) is 4.99 Å². The molecule has 0 saturated heterocycles. The molecular weight excluding hydrogens is 240 g/mol. The SMILES string of the molecule is CCN(CCC(C)(C)C(N)=S)c1cccc(C)c1. The highest BCUT2D eigenvalue weighted by Gasteiger charge is 2.22. The normalized spacial score (nSPS) is 11.3. The molecular formula is C15H24N2S. The van der Waals surface area contributed by atoms with Crippen LogP contribution in [0.4, 0.5) is 5.69 Å². The van der Waals surface area contributed by atoms with Gasteiger partial charge in [0.1, 0.15) is 0 Å². The van der Waals surface area contributed by atoms with Crippen molar-refractivity contribution < 1.29 is 0 Å². The number of nitrogens with two attached hydrogens (primary N) is 1. The van der Waals surface area contributed by atoms with Crippen molar-refractivity contribution in [3.8, 4) is 0 Å². The largest absolute Gasteiger partial charge is 0.393 e. The Hall–Kier alpha value is -1.09. The van der Waals surface area contributed by atoms with Crippen LogP contribution in [-0.2, 0) is 0 Å². The van der Waals surface area contributed by atoms with Gasteiger partial charge in [0.25, 0.3) is 0 Å². The van der Waals surface area contributed by atoms with Crippen LogP contribution in [0.1, 0.15) is 32.8 Å². The third kappa shape index (κ3) is 3.98. The van der Waals surface area contributed by atoms with Gasteiger partial charge in [-0.1, -0.05) is 38.2 Å². The predicted molar refractivity (Wildman–Crippen MR) is 84.2 cm³/mol. The highest BCUT2D eigenvalue weighted by molar-refractivity contribution is 7.80. The average Bonchev–Trinajstić information content (AvgIpc) is 2.29. The lowest BCUT2D eigenvalue weighted by molar-refractivity contribution is 0.477. The van der Waals surface area contributed by atoms with Crippen LogP contribution in [0.5, 0.6) is 0 Å². The first-order chi connectivity index (χ1) is 8.36. The lowest BCUT2D eigenvalue weighted by Gasteiger charge is -2.29. The second kappa shape index (κ2) is 6.19. The van der Waals surface area contributed by atoms with Gasteiger partial charge in [0.2, 0.25) is 0 Å². The Bertz CT molecular complexity index is 413. The number of hydrogen-bond donors (Lipinski definition) is 1. The second-order valence-electron chi connectivity index (χ2n) is 5.42. The van der Waals surface area contributed by atoms with E-state index in [1.165, 1.54) is 11.3 Å². The summed E-state index contributed by atoms with van der Waals surface area (Å²) >= 11 is 5.12. The molecule has 0 atom stereocenters. The molecule has 0 aliphatic carbocycles. The smallest absolute Gasteiger partial charge is 0.0785 e. The lowest BCUT2D eigenvalue weighted by Crippen LogP contribution is -2.35. The molecule has 3 heteroatoms. The summed E-state index contributed by atoms with van der Waals surface area (Å²) in [6, 6.07) is 8.60. The van der Waals surface area contributed by atoms with Crippen LogP contribution in [0, 0.1) is 12.3 Å². The van der Waals surface area contributed by atoms with Crippen molar-refractivity contribution in [3.05, 3.63) is 29.8 Å². The number of thiocarbonyl (C=S) groups is 1. The summed E-state index contributed by atoms with van der Waals surface area (Å²) in [5.41, 5.74) is 8.26. The molecule has 1 aromatic rings. The van der Waals surface area contributed by atoms with Gasteiger partial charge in [0, 0.05) is 24.2 Å². The molecule has 0 aliphatic rings. The summed E-state index contributed by atoms with van der Waals surface area (Å²) < 4.78 is 0. The molecule has 1 aromatic carbocycles. The van der Waals surface area contributed by atoms with Gasteiger partial charge in [0.15, 0.2) is 0 Å². The van der Waals surface area contributed by atoms with Crippen molar-refractivity contribution in [2.45, 2.75) is 34.1 Å². The third-order valence-corrected chi connectivity index (χ3v) is 3.97. The number of benzene rings is 1. The molecule has 0 saturated carbocycles. The van der Waals surface area contributed by atoms with Gasteiger partial charge in [-0.2, -0.15) is 0 Å². The number of anilines is 1. The lowest BCUT2D eigenvalue weighted by atomic mass is 9.89. The van der Waals surface area contributed by atoms with Crippen LogP contribution in [-0.4, -0.2) is 18.1 Å². The van der Waals surface area contributed by atoms with Gasteiger partial charge in [-0.15, -0.1) is 0 Å². The van der Waals surface area contributed by atoms with Crippen molar-refractivity contribution in [1.29, 1.82) is 0 Å². The van der Waals surface area contributed by atoms with Gasteiger partial charge >= 0.3 is 0 Å². The Morgan fingerprint density at radius 2 is 2.06 bits per heavy atom. The summed E-state index contributed by atoms with van der Waals surface area (Å²) in [4.78, 5) is 2.97. The maximum absolute atomic E-state index is 5.77. The zero-order valence-electron chi connectivity index (χ0n) is 11.9. The summed E-state index contributed by atoms with van der Waals surface area (Å²) in [7, 11) is 0. The van der Waals surface area contributed by atoms with Gasteiger partial charge in [-0.25, -0.2) is 0 Å². The molecule has 1 rings (SSSR count). The minimum Gasteiger partial charge on any atom is -0.393 e. The summed E-state index contributed by atoms with van der Waals surface area (Å²) in [5.74, 6) is 0. The van der Waals surface area contributed by atoms with Crippen molar-refractivity contribution in [1.82, 2.24) is 0 Å². The minimum absolute atomic E-state index is 0.0768. The Morgan fingerprint density at radius 3 is 2.56 bits per heavy atom. The standard InChI is InChI=1S/C15H24N2S/c1-5-17(10-9-15(3,4)14(16)18)13-8-6-7-12(2)11-13/h6-8,11H,5,9-10H2,1-4H3,(H2,16,18). The van der Waals surface area contributed by atoms with E-state index in [9.17, 15) is 0 Å². The molecule has 0 amide bonds. The fourth-order valence-corrected chi connectivity index (χ4v) is 1.93. The van der Waals surface area contributed by atoms with Gasteiger partial charge in [-0.05, 0) is 38.0 Å². The molecule has 0 radical (unpaired) electrons. The van der Waals surface area contributed by atoms with E-state index in [0.29, 0.717) is 4.99 Å². The van der Waals surface area contributed by atoms with E-state index in [4.69, 9.17) is 18.0 Å². The van der Waals surface area contributed by atoms with Crippen LogP contribution in [0.25, 0.3) is 0 Å². The van der Waals surface area contributed by atoms with E-state index in [1.54, 1.807) is 0 Å². The van der Waals surface area contributed by atoms with Crippen molar-refractivity contribution in [2.24, 2.45) is 11.1 Å². The fourth-order valence-electron chi connectivity index (χ4n) is 1.83. The van der Waals surface area contributed by atoms with E-state index in [0.717, 1.165) is 19.5 Å². The van der Waals surface area contributed by atoms with E-state index < -0.39 is 0 Å². The first-order valence-corrected chi connectivity index (χ1v) is 6.89. The van der Waals surface area contributed by atoms with Crippen LogP contribution in [0.2, 0.25) is 0 Å². The number of rotatable bonds is 6. The summed E-state index contributed by atoms with van der Waals surface area (Å²) in [6.07, 6.45) is 0.976. The minimum atomic E-state index is -0.0768. The molecule has 18 heavy (non-hydrogen) atoms. The molecule has 0 aromatic heterocycles. The Balaban J connectivity index is 2.72. The summed E-state index contributed by atoms with van der Waals surface area (Å²) in [6.45, 7) is 10.5. The molecule has 2 nitrogen and oxygen atoms in total. The van der Waals surface area contributed by atoms with Crippen LogP contribution in [0.15, 0.2) is 24.3 Å². The monoisotopic (exact) mass is 264 g/mol. The molecule has 100 valence electrons. The van der Waals surface area contributed by atoms with Crippen molar-refractivity contribution in [2.75, 3.05) is 18.0 Å². The van der Waals surface area contributed by atoms with Gasteiger partial charge < -0.3 is 10.6 Å². The quantitative estimate of drug-likeness (QED) is 0.797. The molecule has 0 spiro atoms. The molecule has 0 bridgehead atoms. The topological polar surface area (TPSA) is 29.3 Å². The maximum atomic E-state index is 5.77. The van der Waals surface area contributed by atoms with Crippen molar-refractivity contribution in [3.63, 3.8) is 0 Å². The third-order valence-electron chi connectivity index (χ3n) is 3.42. The fraction of sp³-hybridized carbons (Fsp3) is 0.533.